The maximum atomic E-state index is 13.2. The first-order valence-corrected chi connectivity index (χ1v) is 10.8. The van der Waals surface area contributed by atoms with E-state index < -0.39 is 0 Å². The Kier molecular flexibility index (Phi) is 5.32. The summed E-state index contributed by atoms with van der Waals surface area (Å²) < 4.78 is 16.9. The minimum absolute atomic E-state index is 0.0156. The van der Waals surface area contributed by atoms with Crippen molar-refractivity contribution in [3.05, 3.63) is 59.5 Å². The molecule has 0 aliphatic carbocycles. The Labute approximate surface area is 181 Å². The van der Waals surface area contributed by atoms with Crippen molar-refractivity contribution >= 4 is 5.91 Å². The summed E-state index contributed by atoms with van der Waals surface area (Å²) >= 11 is 0. The van der Waals surface area contributed by atoms with Gasteiger partial charge in [0, 0.05) is 25.1 Å². The Bertz CT molecular complexity index is 1090. The van der Waals surface area contributed by atoms with Gasteiger partial charge in [-0.3, -0.25) is 4.79 Å². The van der Waals surface area contributed by atoms with Crippen molar-refractivity contribution in [1.29, 1.82) is 0 Å². The summed E-state index contributed by atoms with van der Waals surface area (Å²) in [7, 11) is 0. The zero-order valence-electron chi connectivity index (χ0n) is 17.5. The van der Waals surface area contributed by atoms with E-state index in [1.165, 1.54) is 0 Å². The van der Waals surface area contributed by atoms with Crippen molar-refractivity contribution in [3.8, 4) is 22.9 Å². The van der Waals surface area contributed by atoms with E-state index in [4.69, 9.17) is 14.0 Å². The van der Waals surface area contributed by atoms with Crippen LogP contribution in [0.3, 0.4) is 0 Å². The summed E-state index contributed by atoms with van der Waals surface area (Å²) in [5.41, 5.74) is 2.66. The molecule has 0 radical (unpaired) electrons. The molecule has 0 N–H and O–H groups in total. The van der Waals surface area contributed by atoms with Gasteiger partial charge in [-0.25, -0.2) is 0 Å². The molecule has 1 saturated heterocycles. The van der Waals surface area contributed by atoms with Crippen LogP contribution in [-0.2, 0) is 6.42 Å². The third kappa shape index (κ3) is 4.00. The second kappa shape index (κ2) is 8.41. The average Bonchev–Trinajstić information content (AvgIpc) is 3.27. The van der Waals surface area contributed by atoms with Gasteiger partial charge < -0.3 is 18.9 Å². The van der Waals surface area contributed by atoms with Gasteiger partial charge in [-0.2, -0.15) is 4.98 Å². The fourth-order valence-corrected chi connectivity index (χ4v) is 4.35. The number of nitrogens with zero attached hydrogens (tertiary/aromatic N) is 3. The smallest absolute Gasteiger partial charge is 0.257 e. The number of ether oxygens (including phenoxy) is 2. The highest BCUT2D eigenvalue weighted by Gasteiger charge is 2.29. The van der Waals surface area contributed by atoms with Crippen LogP contribution in [0.4, 0.5) is 0 Å². The van der Waals surface area contributed by atoms with E-state index in [9.17, 15) is 4.79 Å². The molecule has 2 aromatic carbocycles. The maximum absolute atomic E-state index is 13.2. The first-order valence-electron chi connectivity index (χ1n) is 10.8. The van der Waals surface area contributed by atoms with Crippen LogP contribution in [0.2, 0.25) is 0 Å². The minimum Gasteiger partial charge on any atom is -0.486 e. The maximum Gasteiger partial charge on any atom is 0.257 e. The monoisotopic (exact) mass is 419 g/mol. The van der Waals surface area contributed by atoms with E-state index in [1.54, 1.807) is 0 Å². The largest absolute Gasteiger partial charge is 0.486 e. The van der Waals surface area contributed by atoms with Crippen LogP contribution in [0, 0.1) is 12.8 Å². The van der Waals surface area contributed by atoms with E-state index in [-0.39, 0.29) is 11.8 Å². The summed E-state index contributed by atoms with van der Waals surface area (Å²) in [4.78, 5) is 19.7. The first-order chi connectivity index (χ1) is 15.2. The van der Waals surface area contributed by atoms with Gasteiger partial charge in [-0.05, 0) is 43.4 Å². The van der Waals surface area contributed by atoms with Gasteiger partial charge >= 0.3 is 0 Å². The Balaban J connectivity index is 1.28. The summed E-state index contributed by atoms with van der Waals surface area (Å²) in [6, 6.07) is 13.5. The van der Waals surface area contributed by atoms with Gasteiger partial charge in [0.15, 0.2) is 11.5 Å². The molecule has 0 spiro atoms. The van der Waals surface area contributed by atoms with Crippen molar-refractivity contribution in [2.75, 3.05) is 26.3 Å². The van der Waals surface area contributed by atoms with Crippen LogP contribution in [-0.4, -0.2) is 47.3 Å². The molecule has 2 aliphatic rings. The van der Waals surface area contributed by atoms with Crippen LogP contribution >= 0.6 is 0 Å². The topological polar surface area (TPSA) is 77.7 Å². The van der Waals surface area contributed by atoms with Gasteiger partial charge in [0.2, 0.25) is 11.7 Å². The standard InChI is InChI=1S/C24H25N3O4/c1-16-6-2-3-8-18(16)23-25-21(31-26-23)14-17-7-5-11-27(15-17)24(28)19-9-4-10-20-22(19)30-13-12-29-20/h2-4,6,8-10,17H,5,7,11-15H2,1H3/t17-/m0/s1. The van der Waals surface area contributed by atoms with E-state index >= 15 is 0 Å². The number of aromatic nitrogens is 2. The highest BCUT2D eigenvalue weighted by molar-refractivity contribution is 5.98. The molecule has 1 aromatic heterocycles. The molecule has 2 aliphatic heterocycles. The van der Waals surface area contributed by atoms with Gasteiger partial charge in [0.05, 0.1) is 5.56 Å². The number of amides is 1. The molecule has 5 rings (SSSR count). The highest BCUT2D eigenvalue weighted by Crippen LogP contribution is 2.35. The lowest BCUT2D eigenvalue weighted by molar-refractivity contribution is 0.0658. The molecule has 31 heavy (non-hydrogen) atoms. The second-order valence-electron chi connectivity index (χ2n) is 8.12. The third-order valence-electron chi connectivity index (χ3n) is 5.92. The highest BCUT2D eigenvalue weighted by atomic mass is 16.6. The summed E-state index contributed by atoms with van der Waals surface area (Å²) in [5, 5.41) is 4.17. The molecule has 3 aromatic rings. The second-order valence-corrected chi connectivity index (χ2v) is 8.12. The number of rotatable bonds is 4. The van der Waals surface area contributed by atoms with Crippen LogP contribution in [0.15, 0.2) is 47.0 Å². The minimum atomic E-state index is -0.0156. The van der Waals surface area contributed by atoms with E-state index in [0.29, 0.717) is 55.0 Å². The quantitative estimate of drug-likeness (QED) is 0.638. The fourth-order valence-electron chi connectivity index (χ4n) is 4.35. The van der Waals surface area contributed by atoms with E-state index in [1.807, 2.05) is 54.3 Å². The lowest BCUT2D eigenvalue weighted by Crippen LogP contribution is -2.40. The van der Waals surface area contributed by atoms with Gasteiger partial charge in [0.1, 0.15) is 13.2 Å². The number of benzene rings is 2. The molecule has 1 amide bonds. The number of para-hydroxylation sites is 1. The fraction of sp³-hybridized carbons (Fsp3) is 0.375. The van der Waals surface area contributed by atoms with Crippen LogP contribution in [0.5, 0.6) is 11.5 Å². The van der Waals surface area contributed by atoms with Crippen LogP contribution in [0.1, 0.15) is 34.7 Å². The van der Waals surface area contributed by atoms with Crippen molar-refractivity contribution in [1.82, 2.24) is 15.0 Å². The molecule has 3 heterocycles. The zero-order chi connectivity index (χ0) is 21.2. The molecule has 0 bridgehead atoms. The SMILES string of the molecule is Cc1ccccc1-c1noc(C[C@@H]2CCCN(C(=O)c3cccc4c3OCCO4)C2)n1. The van der Waals surface area contributed by atoms with Crippen molar-refractivity contribution in [2.45, 2.75) is 26.2 Å². The molecular weight excluding hydrogens is 394 g/mol. The predicted octanol–water partition coefficient (Wildman–Crippen LogP) is 3.91. The van der Waals surface area contributed by atoms with Gasteiger partial charge in [-0.15, -0.1) is 0 Å². The molecule has 1 fully saturated rings. The number of carbonyl (C=O) groups excluding carboxylic acids is 1. The first kappa shape index (κ1) is 19.6. The molecule has 0 saturated carbocycles. The molecule has 1 atom stereocenters. The van der Waals surface area contributed by atoms with E-state index in [2.05, 4.69) is 10.1 Å². The molecule has 7 nitrogen and oxygen atoms in total. The van der Waals surface area contributed by atoms with Crippen molar-refractivity contribution in [3.63, 3.8) is 0 Å². The Hall–Kier alpha value is -3.35. The van der Waals surface area contributed by atoms with Gasteiger partial charge in [-0.1, -0.05) is 35.5 Å². The number of carbonyl (C=O) groups is 1. The summed E-state index contributed by atoms with van der Waals surface area (Å²) in [6.07, 6.45) is 2.63. The van der Waals surface area contributed by atoms with E-state index in [0.717, 1.165) is 30.5 Å². The van der Waals surface area contributed by atoms with Gasteiger partial charge in [0.25, 0.3) is 5.91 Å². The predicted molar refractivity (Wildman–Crippen MR) is 114 cm³/mol. The summed E-state index contributed by atoms with van der Waals surface area (Å²) in [6.45, 7) is 4.39. The Morgan fingerprint density at radius 3 is 2.90 bits per heavy atom. The number of hydrogen-bond donors (Lipinski definition) is 0. The third-order valence-corrected chi connectivity index (χ3v) is 5.92. The molecule has 0 unspecified atom stereocenters. The number of likely N-dealkylation sites (tertiary alicyclic amines) is 1. The number of hydrogen-bond acceptors (Lipinski definition) is 6. The van der Waals surface area contributed by atoms with Crippen molar-refractivity contribution in [2.24, 2.45) is 5.92 Å². The van der Waals surface area contributed by atoms with Crippen LogP contribution in [0.25, 0.3) is 11.4 Å². The lowest BCUT2D eigenvalue weighted by atomic mass is 9.94. The van der Waals surface area contributed by atoms with Crippen LogP contribution < -0.4 is 9.47 Å². The normalized spacial score (nSPS) is 18.1. The number of piperidine rings is 1. The Morgan fingerprint density at radius 1 is 1.13 bits per heavy atom. The lowest BCUT2D eigenvalue weighted by Gasteiger charge is -2.33. The molecule has 160 valence electrons. The molecule has 7 heteroatoms. The Morgan fingerprint density at radius 2 is 2.00 bits per heavy atom. The summed E-state index contributed by atoms with van der Waals surface area (Å²) in [5.74, 6) is 2.69. The molecular formula is C24H25N3O4. The number of aryl methyl sites for hydroxylation is 1. The van der Waals surface area contributed by atoms with Crippen molar-refractivity contribution < 1.29 is 18.8 Å². The number of fused-ring (bicyclic) bond motifs is 1. The zero-order valence-corrected chi connectivity index (χ0v) is 17.5. The average molecular weight is 419 g/mol.